The zero-order valence-electron chi connectivity index (χ0n) is 31.7. The normalized spacial score (nSPS) is 11.1. The van der Waals surface area contributed by atoms with Gasteiger partial charge in [-0.15, -0.1) is 0 Å². The van der Waals surface area contributed by atoms with Crippen LogP contribution in [-0.2, 0) is 0 Å². The summed E-state index contributed by atoms with van der Waals surface area (Å²) in [4.78, 5) is 2.66. The number of benzene rings is 2. The van der Waals surface area contributed by atoms with Gasteiger partial charge in [0.15, 0.2) is 0 Å². The standard InChI is InChI=1S/C46H74BrN/c1-3-5-7-9-11-13-15-17-19-21-23-25-27-31-41-48(42-32-28-26-24-22-20-18-16-14-12-10-8-6-4-2)45-39-36-43(37-40-45)35-38-44-33-29-30-34-46(44)47/h29-30,33-34,36-37,39-40H,3-28,31-32,41-42H2,1-2H3. The molecule has 2 aromatic carbocycles. The van der Waals surface area contributed by atoms with E-state index in [1.807, 2.05) is 12.1 Å². The van der Waals surface area contributed by atoms with Crippen LogP contribution in [0.4, 0.5) is 5.69 Å². The molecule has 0 atom stereocenters. The summed E-state index contributed by atoms with van der Waals surface area (Å²) < 4.78 is 1.06. The minimum absolute atomic E-state index is 1.04. The Hall–Kier alpha value is -1.72. The van der Waals surface area contributed by atoms with Crippen LogP contribution in [0.25, 0.3) is 0 Å². The predicted octanol–water partition coefficient (Wildman–Crippen LogP) is 15.6. The van der Waals surface area contributed by atoms with E-state index in [-0.39, 0.29) is 0 Å². The molecule has 270 valence electrons. The molecular weight excluding hydrogens is 646 g/mol. The molecule has 0 spiro atoms. The van der Waals surface area contributed by atoms with Crippen molar-refractivity contribution in [2.45, 2.75) is 194 Å². The third-order valence-electron chi connectivity index (χ3n) is 10.0. The summed E-state index contributed by atoms with van der Waals surface area (Å²) in [5.41, 5.74) is 3.49. The molecule has 0 unspecified atom stereocenters. The van der Waals surface area contributed by atoms with E-state index in [1.54, 1.807) is 0 Å². The lowest BCUT2D eigenvalue weighted by molar-refractivity contribution is 0.529. The van der Waals surface area contributed by atoms with E-state index in [2.05, 4.69) is 82.9 Å². The van der Waals surface area contributed by atoms with E-state index in [0.717, 1.165) is 15.6 Å². The van der Waals surface area contributed by atoms with Gasteiger partial charge in [-0.1, -0.05) is 205 Å². The fourth-order valence-electron chi connectivity index (χ4n) is 6.82. The van der Waals surface area contributed by atoms with Crippen LogP contribution >= 0.6 is 15.9 Å². The Morgan fingerprint density at radius 1 is 0.417 bits per heavy atom. The smallest absolute Gasteiger partial charge is 0.0391 e. The van der Waals surface area contributed by atoms with Crippen molar-refractivity contribution in [2.75, 3.05) is 18.0 Å². The zero-order valence-corrected chi connectivity index (χ0v) is 33.2. The summed E-state index contributed by atoms with van der Waals surface area (Å²) in [6.07, 6.45) is 39.7. The molecule has 48 heavy (non-hydrogen) atoms. The topological polar surface area (TPSA) is 3.24 Å². The monoisotopic (exact) mass is 720 g/mol. The van der Waals surface area contributed by atoms with E-state index in [0.29, 0.717) is 0 Å². The number of anilines is 1. The van der Waals surface area contributed by atoms with Crippen LogP contribution in [0.5, 0.6) is 0 Å². The van der Waals surface area contributed by atoms with Gasteiger partial charge in [-0.25, -0.2) is 0 Å². The Balaban J connectivity index is 1.67. The average Bonchev–Trinajstić information content (AvgIpc) is 3.11. The first-order chi connectivity index (χ1) is 23.7. The largest absolute Gasteiger partial charge is 0.372 e. The minimum atomic E-state index is 1.04. The summed E-state index contributed by atoms with van der Waals surface area (Å²) in [5.74, 6) is 6.70. The van der Waals surface area contributed by atoms with Crippen LogP contribution in [0.3, 0.4) is 0 Å². The number of rotatable bonds is 31. The molecule has 2 aromatic rings. The minimum Gasteiger partial charge on any atom is -0.372 e. The Morgan fingerprint density at radius 3 is 1.15 bits per heavy atom. The molecule has 0 aliphatic heterocycles. The van der Waals surface area contributed by atoms with Gasteiger partial charge in [-0.2, -0.15) is 0 Å². The average molecular weight is 721 g/mol. The first-order valence-corrected chi connectivity index (χ1v) is 21.7. The molecule has 0 saturated heterocycles. The molecule has 0 saturated carbocycles. The fourth-order valence-corrected chi connectivity index (χ4v) is 7.21. The van der Waals surface area contributed by atoms with E-state index >= 15 is 0 Å². The zero-order chi connectivity index (χ0) is 34.2. The Labute approximate surface area is 308 Å². The van der Waals surface area contributed by atoms with Gasteiger partial charge in [0.05, 0.1) is 0 Å². The van der Waals surface area contributed by atoms with Gasteiger partial charge >= 0.3 is 0 Å². The molecule has 0 aliphatic carbocycles. The molecule has 0 radical (unpaired) electrons. The van der Waals surface area contributed by atoms with Crippen LogP contribution in [0.15, 0.2) is 53.0 Å². The quantitative estimate of drug-likeness (QED) is 0.0554. The highest BCUT2D eigenvalue weighted by Crippen LogP contribution is 2.20. The highest BCUT2D eigenvalue weighted by atomic mass is 79.9. The van der Waals surface area contributed by atoms with E-state index in [1.165, 1.54) is 199 Å². The number of nitrogens with zero attached hydrogens (tertiary/aromatic N) is 1. The molecule has 2 heteroatoms. The van der Waals surface area contributed by atoms with E-state index in [9.17, 15) is 0 Å². The SMILES string of the molecule is CCCCCCCCCCCCCCCCN(CCCCCCCCCCCCCCCC)c1ccc(C#Cc2ccccc2Br)cc1. The van der Waals surface area contributed by atoms with Crippen LogP contribution in [0.1, 0.15) is 205 Å². The van der Waals surface area contributed by atoms with Gasteiger partial charge in [0, 0.05) is 34.4 Å². The third-order valence-corrected chi connectivity index (χ3v) is 10.7. The van der Waals surface area contributed by atoms with Crippen molar-refractivity contribution in [1.29, 1.82) is 0 Å². The van der Waals surface area contributed by atoms with Crippen molar-refractivity contribution in [3.8, 4) is 11.8 Å². The maximum absolute atomic E-state index is 3.62. The van der Waals surface area contributed by atoms with Crippen LogP contribution in [0, 0.1) is 11.8 Å². The molecule has 1 nitrogen and oxygen atoms in total. The van der Waals surface area contributed by atoms with Crippen LogP contribution in [0.2, 0.25) is 0 Å². The van der Waals surface area contributed by atoms with Gasteiger partial charge in [0.25, 0.3) is 0 Å². The molecule has 0 bridgehead atoms. The lowest BCUT2D eigenvalue weighted by Gasteiger charge is -2.25. The Morgan fingerprint density at radius 2 is 0.771 bits per heavy atom. The van der Waals surface area contributed by atoms with Crippen molar-refractivity contribution in [1.82, 2.24) is 0 Å². The molecule has 0 aromatic heterocycles. The summed E-state index contributed by atoms with van der Waals surface area (Å²) in [7, 11) is 0. The molecule has 0 amide bonds. The van der Waals surface area contributed by atoms with Crippen LogP contribution in [-0.4, -0.2) is 13.1 Å². The molecule has 0 heterocycles. The fraction of sp³-hybridized carbons (Fsp3) is 0.696. The van der Waals surface area contributed by atoms with Crippen molar-refractivity contribution >= 4 is 21.6 Å². The summed E-state index contributed by atoms with van der Waals surface area (Å²) in [6, 6.07) is 17.2. The highest BCUT2D eigenvalue weighted by molar-refractivity contribution is 9.10. The first-order valence-electron chi connectivity index (χ1n) is 20.9. The molecule has 0 N–H and O–H groups in total. The maximum Gasteiger partial charge on any atom is 0.0391 e. The number of hydrogen-bond acceptors (Lipinski definition) is 1. The summed E-state index contributed by atoms with van der Waals surface area (Å²) in [5, 5.41) is 0. The van der Waals surface area contributed by atoms with Gasteiger partial charge in [-0.05, 0) is 65.2 Å². The second-order valence-electron chi connectivity index (χ2n) is 14.5. The first kappa shape index (κ1) is 42.4. The second kappa shape index (κ2) is 31.3. The van der Waals surface area contributed by atoms with Crippen molar-refractivity contribution in [3.63, 3.8) is 0 Å². The number of hydrogen-bond donors (Lipinski definition) is 0. The van der Waals surface area contributed by atoms with E-state index in [4.69, 9.17) is 0 Å². The van der Waals surface area contributed by atoms with Gasteiger partial charge < -0.3 is 4.90 Å². The maximum atomic E-state index is 3.62. The Kier molecular flexibility index (Phi) is 27.7. The number of unbranched alkanes of at least 4 members (excludes halogenated alkanes) is 26. The predicted molar refractivity (Wildman–Crippen MR) is 219 cm³/mol. The molecule has 0 fully saturated rings. The van der Waals surface area contributed by atoms with Crippen molar-refractivity contribution in [3.05, 3.63) is 64.1 Å². The Bertz CT molecular complexity index is 1020. The molecular formula is C46H74BrN. The van der Waals surface area contributed by atoms with E-state index < -0.39 is 0 Å². The lowest BCUT2D eigenvalue weighted by atomic mass is 10.0. The number of halogens is 1. The summed E-state index contributed by atoms with van der Waals surface area (Å²) >= 11 is 3.62. The molecule has 0 aliphatic rings. The highest BCUT2D eigenvalue weighted by Gasteiger charge is 2.07. The lowest BCUT2D eigenvalue weighted by Crippen LogP contribution is -2.25. The van der Waals surface area contributed by atoms with Crippen molar-refractivity contribution < 1.29 is 0 Å². The molecule has 2 rings (SSSR count). The third kappa shape index (κ3) is 22.8. The van der Waals surface area contributed by atoms with Crippen LogP contribution < -0.4 is 4.90 Å². The van der Waals surface area contributed by atoms with Gasteiger partial charge in [0.1, 0.15) is 0 Å². The van der Waals surface area contributed by atoms with Crippen molar-refractivity contribution in [2.24, 2.45) is 0 Å². The van der Waals surface area contributed by atoms with Gasteiger partial charge in [0.2, 0.25) is 0 Å². The summed E-state index contributed by atoms with van der Waals surface area (Å²) in [6.45, 7) is 6.97. The second-order valence-corrected chi connectivity index (χ2v) is 15.3. The van der Waals surface area contributed by atoms with Gasteiger partial charge in [-0.3, -0.25) is 0 Å².